The summed E-state index contributed by atoms with van der Waals surface area (Å²) in [5.41, 5.74) is 1.22. The van der Waals surface area contributed by atoms with E-state index in [4.69, 9.17) is 18.9 Å². The number of hydrogen-bond acceptors (Lipinski definition) is 6. The number of hydrogen-bond donors (Lipinski definition) is 1. The van der Waals surface area contributed by atoms with Crippen molar-refractivity contribution in [1.29, 1.82) is 0 Å². The molecule has 7 nitrogen and oxygen atoms in total. The van der Waals surface area contributed by atoms with Crippen molar-refractivity contribution in [2.24, 2.45) is 0 Å². The van der Waals surface area contributed by atoms with Crippen LogP contribution in [0.25, 0.3) is 0 Å². The van der Waals surface area contributed by atoms with Gasteiger partial charge in [-0.15, -0.1) is 0 Å². The Bertz CT molecular complexity index is 818. The molecule has 0 aromatic heterocycles. The van der Waals surface area contributed by atoms with Crippen LogP contribution >= 0.6 is 0 Å². The fourth-order valence-corrected chi connectivity index (χ4v) is 2.62. The molecule has 1 N–H and O–H groups in total. The van der Waals surface area contributed by atoms with Crippen LogP contribution in [0.1, 0.15) is 35.8 Å². The van der Waals surface area contributed by atoms with Crippen molar-refractivity contribution < 1.29 is 28.5 Å². The van der Waals surface area contributed by atoms with Gasteiger partial charge in [-0.05, 0) is 55.8 Å². The molecule has 27 heavy (non-hydrogen) atoms. The highest BCUT2D eigenvalue weighted by molar-refractivity contribution is 5.91. The Hall–Kier alpha value is -3.22. The predicted molar refractivity (Wildman–Crippen MR) is 97.0 cm³/mol. The summed E-state index contributed by atoms with van der Waals surface area (Å²) in [5.74, 6) is 1.05. The fraction of sp³-hybridized carbons (Fsp3) is 0.300. The summed E-state index contributed by atoms with van der Waals surface area (Å²) in [5, 5.41) is 2.79. The molecule has 1 aliphatic heterocycles. The average molecular weight is 371 g/mol. The van der Waals surface area contributed by atoms with Crippen molar-refractivity contribution >= 4 is 11.9 Å². The monoisotopic (exact) mass is 371 g/mol. The third-order valence-corrected chi connectivity index (χ3v) is 4.01. The zero-order valence-corrected chi connectivity index (χ0v) is 15.2. The van der Waals surface area contributed by atoms with Crippen LogP contribution in [0.4, 0.5) is 0 Å². The van der Waals surface area contributed by atoms with Crippen LogP contribution < -0.4 is 19.5 Å². The zero-order chi connectivity index (χ0) is 19.2. The van der Waals surface area contributed by atoms with Crippen LogP contribution in [-0.4, -0.2) is 31.9 Å². The van der Waals surface area contributed by atoms with Gasteiger partial charge in [0.05, 0.1) is 18.2 Å². The minimum absolute atomic E-state index is 0.195. The van der Waals surface area contributed by atoms with E-state index in [1.54, 1.807) is 30.3 Å². The lowest BCUT2D eigenvalue weighted by atomic mass is 10.1. The van der Waals surface area contributed by atoms with Crippen molar-refractivity contribution in [1.82, 2.24) is 5.32 Å². The first-order valence-electron chi connectivity index (χ1n) is 8.65. The number of esters is 1. The van der Waals surface area contributed by atoms with E-state index >= 15 is 0 Å². The maximum Gasteiger partial charge on any atom is 0.338 e. The second-order valence-electron chi connectivity index (χ2n) is 5.94. The number of amides is 1. The van der Waals surface area contributed by atoms with Crippen molar-refractivity contribution in [3.8, 4) is 17.2 Å². The molecule has 1 atom stereocenters. The second-order valence-corrected chi connectivity index (χ2v) is 5.94. The van der Waals surface area contributed by atoms with Gasteiger partial charge in [-0.2, -0.15) is 0 Å². The average Bonchev–Trinajstić information content (AvgIpc) is 3.14. The van der Waals surface area contributed by atoms with Crippen LogP contribution in [0, 0.1) is 0 Å². The van der Waals surface area contributed by atoms with Crippen LogP contribution in [0.3, 0.4) is 0 Å². The summed E-state index contributed by atoms with van der Waals surface area (Å²) in [6.07, 6.45) is 0. The molecule has 7 heteroatoms. The highest BCUT2D eigenvalue weighted by atomic mass is 16.7. The minimum atomic E-state index is -0.566. The topological polar surface area (TPSA) is 83.1 Å². The van der Waals surface area contributed by atoms with Crippen molar-refractivity contribution in [2.45, 2.75) is 19.9 Å². The van der Waals surface area contributed by atoms with Gasteiger partial charge in [-0.3, -0.25) is 4.79 Å². The molecule has 2 aromatic carbocycles. The number of ether oxygens (including phenoxy) is 4. The summed E-state index contributed by atoms with van der Waals surface area (Å²) in [6.45, 7) is 4.10. The molecule has 1 aliphatic rings. The largest absolute Gasteiger partial charge is 0.494 e. The van der Waals surface area contributed by atoms with Crippen LogP contribution in [0.5, 0.6) is 17.2 Å². The van der Waals surface area contributed by atoms with E-state index in [2.05, 4.69) is 5.32 Å². The lowest BCUT2D eigenvalue weighted by Crippen LogP contribution is -2.31. The van der Waals surface area contributed by atoms with Crippen LogP contribution in [-0.2, 0) is 9.53 Å². The van der Waals surface area contributed by atoms with E-state index in [1.165, 1.54) is 0 Å². The smallest absolute Gasteiger partial charge is 0.338 e. The van der Waals surface area contributed by atoms with Crippen molar-refractivity contribution in [3.05, 3.63) is 53.6 Å². The summed E-state index contributed by atoms with van der Waals surface area (Å²) in [4.78, 5) is 24.1. The van der Waals surface area contributed by atoms with E-state index in [1.807, 2.05) is 26.0 Å². The van der Waals surface area contributed by atoms with Gasteiger partial charge in [-0.25, -0.2) is 4.79 Å². The number of fused-ring (bicyclic) bond motifs is 1. The molecule has 0 saturated heterocycles. The highest BCUT2D eigenvalue weighted by Gasteiger charge is 2.17. The Labute approximate surface area is 157 Å². The number of carbonyl (C=O) groups is 2. The van der Waals surface area contributed by atoms with Crippen LogP contribution in [0.2, 0.25) is 0 Å². The van der Waals surface area contributed by atoms with Gasteiger partial charge in [0.15, 0.2) is 18.1 Å². The number of benzene rings is 2. The Kier molecular flexibility index (Phi) is 5.80. The maximum absolute atomic E-state index is 12.1. The van der Waals surface area contributed by atoms with Crippen LogP contribution in [0.15, 0.2) is 42.5 Å². The Morgan fingerprint density at radius 2 is 1.85 bits per heavy atom. The molecule has 2 aromatic rings. The lowest BCUT2D eigenvalue weighted by Gasteiger charge is -2.15. The first kappa shape index (κ1) is 18.6. The zero-order valence-electron chi connectivity index (χ0n) is 15.2. The molecule has 0 spiro atoms. The van der Waals surface area contributed by atoms with Gasteiger partial charge in [-0.1, -0.05) is 6.07 Å². The molecule has 0 bridgehead atoms. The molecule has 0 aliphatic carbocycles. The third kappa shape index (κ3) is 4.69. The molecule has 1 amide bonds. The quantitative estimate of drug-likeness (QED) is 0.754. The van der Waals surface area contributed by atoms with E-state index in [0.717, 1.165) is 5.56 Å². The van der Waals surface area contributed by atoms with Gasteiger partial charge < -0.3 is 24.3 Å². The molecule has 0 radical (unpaired) electrons. The van der Waals surface area contributed by atoms with Gasteiger partial charge in [0, 0.05) is 0 Å². The molecule has 142 valence electrons. The summed E-state index contributed by atoms with van der Waals surface area (Å²) in [6, 6.07) is 11.8. The SMILES string of the molecule is CCOc1ccc(C(=O)OCC(=O)N[C@H](C)c2ccc3c(c2)OCO3)cc1. The minimum Gasteiger partial charge on any atom is -0.494 e. The molecular formula is C20H21NO6. The Morgan fingerprint density at radius 1 is 1.11 bits per heavy atom. The second kappa shape index (κ2) is 8.44. The maximum atomic E-state index is 12.1. The molecule has 0 saturated carbocycles. The number of nitrogens with one attached hydrogen (secondary N) is 1. The Morgan fingerprint density at radius 3 is 2.59 bits per heavy atom. The van der Waals surface area contributed by atoms with E-state index in [9.17, 15) is 9.59 Å². The van der Waals surface area contributed by atoms with E-state index in [0.29, 0.717) is 29.4 Å². The Balaban J connectivity index is 1.49. The van der Waals surface area contributed by atoms with Gasteiger partial charge >= 0.3 is 5.97 Å². The van der Waals surface area contributed by atoms with Gasteiger partial charge in [0.2, 0.25) is 6.79 Å². The number of rotatable bonds is 7. The summed E-state index contributed by atoms with van der Waals surface area (Å²) >= 11 is 0. The first-order valence-corrected chi connectivity index (χ1v) is 8.65. The summed E-state index contributed by atoms with van der Waals surface area (Å²) in [7, 11) is 0. The molecule has 1 heterocycles. The first-order chi connectivity index (χ1) is 13.1. The molecular weight excluding hydrogens is 350 g/mol. The van der Waals surface area contributed by atoms with E-state index < -0.39 is 5.97 Å². The molecule has 0 fully saturated rings. The van der Waals surface area contributed by atoms with Gasteiger partial charge in [0.1, 0.15) is 5.75 Å². The molecule has 3 rings (SSSR count). The van der Waals surface area contributed by atoms with Crippen molar-refractivity contribution in [2.75, 3.05) is 20.0 Å². The molecule has 0 unspecified atom stereocenters. The van der Waals surface area contributed by atoms with E-state index in [-0.39, 0.29) is 25.3 Å². The van der Waals surface area contributed by atoms with Crippen molar-refractivity contribution in [3.63, 3.8) is 0 Å². The fourth-order valence-electron chi connectivity index (χ4n) is 2.62. The third-order valence-electron chi connectivity index (χ3n) is 4.01. The highest BCUT2D eigenvalue weighted by Crippen LogP contribution is 2.34. The summed E-state index contributed by atoms with van der Waals surface area (Å²) < 4.78 is 21.0. The normalized spacial score (nSPS) is 13.0. The lowest BCUT2D eigenvalue weighted by molar-refractivity contribution is -0.124. The van der Waals surface area contributed by atoms with Gasteiger partial charge in [0.25, 0.3) is 5.91 Å². The standard InChI is InChI=1S/C20H21NO6/c1-3-24-16-7-4-14(5-8-16)20(23)25-11-19(22)21-13(2)15-6-9-17-18(10-15)27-12-26-17/h4-10,13H,3,11-12H2,1-2H3,(H,21,22)/t13-/m1/s1. The number of carbonyl (C=O) groups excluding carboxylic acids is 2. The predicted octanol–water partition coefficient (Wildman–Crippen LogP) is 2.85.